The predicted molar refractivity (Wildman–Crippen MR) is 69.8 cm³/mol. The van der Waals surface area contributed by atoms with Gasteiger partial charge in [-0.2, -0.15) is 0 Å². The van der Waals surface area contributed by atoms with Crippen LogP contribution in [0.4, 0.5) is 0 Å². The average molecular weight is 230 g/mol. The lowest BCUT2D eigenvalue weighted by molar-refractivity contribution is 0.0747. The number of rotatable bonds is 5. The van der Waals surface area contributed by atoms with E-state index in [0.29, 0.717) is 0 Å². The van der Waals surface area contributed by atoms with Gasteiger partial charge < -0.3 is 4.90 Å². The molecule has 1 amide bonds. The molecule has 1 aromatic rings. The van der Waals surface area contributed by atoms with E-state index in [-0.39, 0.29) is 5.91 Å². The molecule has 1 aliphatic rings. The number of hydrogen-bond acceptors (Lipinski definition) is 1. The van der Waals surface area contributed by atoms with E-state index in [0.717, 1.165) is 36.6 Å². The lowest BCUT2D eigenvalue weighted by Crippen LogP contribution is -2.33. The fourth-order valence-electron chi connectivity index (χ4n) is 1.99. The normalized spacial score (nSPS) is 14.7. The molecular formula is C15H20NO. The fourth-order valence-corrected chi connectivity index (χ4v) is 1.99. The summed E-state index contributed by atoms with van der Waals surface area (Å²) in [5, 5.41) is 0. The second-order valence-electron chi connectivity index (χ2n) is 4.89. The van der Waals surface area contributed by atoms with Gasteiger partial charge in [0.15, 0.2) is 0 Å². The van der Waals surface area contributed by atoms with Crippen molar-refractivity contribution in [3.63, 3.8) is 0 Å². The van der Waals surface area contributed by atoms with Gasteiger partial charge in [-0.1, -0.05) is 19.1 Å². The molecule has 1 saturated carbocycles. The minimum Gasteiger partial charge on any atom is -0.338 e. The Kier molecular flexibility index (Phi) is 3.82. The van der Waals surface area contributed by atoms with E-state index in [4.69, 9.17) is 0 Å². The topological polar surface area (TPSA) is 20.3 Å². The molecule has 0 heterocycles. The number of carbonyl (C=O) groups excluding carboxylic acids is 1. The minimum absolute atomic E-state index is 0.166. The van der Waals surface area contributed by atoms with Gasteiger partial charge in [0.05, 0.1) is 0 Å². The first-order valence-electron chi connectivity index (χ1n) is 6.42. The Balaban J connectivity index is 2.05. The first-order valence-corrected chi connectivity index (χ1v) is 6.42. The Morgan fingerprint density at radius 1 is 1.35 bits per heavy atom. The SMILES string of the molecule is [CH2]c1ccc(C(=O)N(CCC)CC2CC2)cc1. The van der Waals surface area contributed by atoms with E-state index in [1.165, 1.54) is 12.8 Å². The summed E-state index contributed by atoms with van der Waals surface area (Å²) in [5.41, 5.74) is 1.73. The lowest BCUT2D eigenvalue weighted by atomic mass is 10.1. The number of carbonyl (C=O) groups is 1. The molecule has 0 saturated heterocycles. The van der Waals surface area contributed by atoms with Crippen LogP contribution in [0.3, 0.4) is 0 Å². The van der Waals surface area contributed by atoms with Crippen LogP contribution in [0.5, 0.6) is 0 Å². The van der Waals surface area contributed by atoms with E-state index < -0.39 is 0 Å². The number of amides is 1. The summed E-state index contributed by atoms with van der Waals surface area (Å²) >= 11 is 0. The zero-order chi connectivity index (χ0) is 12.3. The van der Waals surface area contributed by atoms with Gasteiger partial charge in [-0.25, -0.2) is 0 Å². The molecule has 2 heteroatoms. The van der Waals surface area contributed by atoms with Crippen molar-refractivity contribution in [1.29, 1.82) is 0 Å². The van der Waals surface area contributed by atoms with Gasteiger partial charge in [0, 0.05) is 18.7 Å². The fraction of sp³-hybridized carbons (Fsp3) is 0.467. The zero-order valence-electron chi connectivity index (χ0n) is 10.5. The Hall–Kier alpha value is -1.31. The Labute approximate surface area is 104 Å². The van der Waals surface area contributed by atoms with Crippen LogP contribution in [0.25, 0.3) is 0 Å². The van der Waals surface area contributed by atoms with E-state index in [9.17, 15) is 4.79 Å². The monoisotopic (exact) mass is 230 g/mol. The highest BCUT2D eigenvalue weighted by Gasteiger charge is 2.26. The highest BCUT2D eigenvalue weighted by Crippen LogP contribution is 2.30. The van der Waals surface area contributed by atoms with Crippen LogP contribution in [0.2, 0.25) is 0 Å². The Morgan fingerprint density at radius 2 is 2.00 bits per heavy atom. The summed E-state index contributed by atoms with van der Waals surface area (Å²) in [6.45, 7) is 7.74. The van der Waals surface area contributed by atoms with Gasteiger partial charge in [0.1, 0.15) is 0 Å². The highest BCUT2D eigenvalue weighted by atomic mass is 16.2. The zero-order valence-corrected chi connectivity index (χ0v) is 10.5. The third-order valence-electron chi connectivity index (χ3n) is 3.16. The molecule has 17 heavy (non-hydrogen) atoms. The summed E-state index contributed by atoms with van der Waals surface area (Å²) in [6, 6.07) is 7.55. The number of hydrogen-bond donors (Lipinski definition) is 0. The van der Waals surface area contributed by atoms with Crippen molar-refractivity contribution in [3.8, 4) is 0 Å². The smallest absolute Gasteiger partial charge is 0.253 e. The molecule has 2 rings (SSSR count). The molecule has 1 radical (unpaired) electrons. The summed E-state index contributed by atoms with van der Waals surface area (Å²) in [6.07, 6.45) is 3.59. The van der Waals surface area contributed by atoms with Crippen molar-refractivity contribution >= 4 is 5.91 Å². The van der Waals surface area contributed by atoms with Gasteiger partial charge in [0.2, 0.25) is 0 Å². The standard InChI is InChI=1S/C15H20NO/c1-3-10-16(11-13-6-7-13)15(17)14-8-4-12(2)5-9-14/h4-5,8-9,13H,2-3,6-7,10-11H2,1H3. The summed E-state index contributed by atoms with van der Waals surface area (Å²) in [5.74, 6) is 0.913. The molecule has 0 aliphatic heterocycles. The van der Waals surface area contributed by atoms with Crippen LogP contribution in [0, 0.1) is 12.8 Å². The third kappa shape index (κ3) is 3.32. The van der Waals surface area contributed by atoms with Gasteiger partial charge in [0.25, 0.3) is 5.91 Å². The van der Waals surface area contributed by atoms with Crippen molar-refractivity contribution in [1.82, 2.24) is 4.90 Å². The lowest BCUT2D eigenvalue weighted by Gasteiger charge is -2.22. The molecule has 91 valence electrons. The summed E-state index contributed by atoms with van der Waals surface area (Å²) < 4.78 is 0. The first kappa shape index (κ1) is 12.2. The van der Waals surface area contributed by atoms with E-state index in [1.807, 2.05) is 29.2 Å². The van der Waals surface area contributed by atoms with Crippen molar-refractivity contribution < 1.29 is 4.79 Å². The van der Waals surface area contributed by atoms with Crippen molar-refractivity contribution in [2.75, 3.05) is 13.1 Å². The molecular weight excluding hydrogens is 210 g/mol. The average Bonchev–Trinajstić information content (AvgIpc) is 3.13. The van der Waals surface area contributed by atoms with Gasteiger partial charge in [-0.05, 0) is 49.8 Å². The second kappa shape index (κ2) is 5.35. The molecule has 0 atom stereocenters. The van der Waals surface area contributed by atoms with E-state index in [2.05, 4.69) is 13.8 Å². The van der Waals surface area contributed by atoms with E-state index in [1.54, 1.807) is 0 Å². The maximum Gasteiger partial charge on any atom is 0.253 e. The number of nitrogens with zero attached hydrogens (tertiary/aromatic N) is 1. The van der Waals surface area contributed by atoms with Crippen molar-refractivity contribution in [2.45, 2.75) is 26.2 Å². The van der Waals surface area contributed by atoms with Crippen LogP contribution in [0.1, 0.15) is 42.1 Å². The van der Waals surface area contributed by atoms with E-state index >= 15 is 0 Å². The number of benzene rings is 1. The molecule has 0 aromatic heterocycles. The maximum absolute atomic E-state index is 12.3. The van der Waals surface area contributed by atoms with Crippen LogP contribution < -0.4 is 0 Å². The molecule has 1 aliphatic carbocycles. The second-order valence-corrected chi connectivity index (χ2v) is 4.89. The molecule has 0 unspecified atom stereocenters. The Bertz CT molecular complexity index is 378. The summed E-state index contributed by atoms with van der Waals surface area (Å²) in [7, 11) is 0. The van der Waals surface area contributed by atoms with Crippen molar-refractivity contribution in [3.05, 3.63) is 42.3 Å². The van der Waals surface area contributed by atoms with Gasteiger partial charge in [-0.3, -0.25) is 4.79 Å². The molecule has 0 N–H and O–H groups in total. The van der Waals surface area contributed by atoms with Gasteiger partial charge in [-0.15, -0.1) is 0 Å². The first-order chi connectivity index (χ1) is 8.20. The largest absolute Gasteiger partial charge is 0.338 e. The van der Waals surface area contributed by atoms with Crippen LogP contribution in [-0.4, -0.2) is 23.9 Å². The molecule has 1 aromatic carbocycles. The highest BCUT2D eigenvalue weighted by molar-refractivity contribution is 5.94. The minimum atomic E-state index is 0.166. The summed E-state index contributed by atoms with van der Waals surface area (Å²) in [4.78, 5) is 14.3. The quantitative estimate of drug-likeness (QED) is 0.761. The van der Waals surface area contributed by atoms with Crippen LogP contribution >= 0.6 is 0 Å². The van der Waals surface area contributed by atoms with Crippen LogP contribution in [0.15, 0.2) is 24.3 Å². The molecule has 1 fully saturated rings. The maximum atomic E-state index is 12.3. The molecule has 2 nitrogen and oxygen atoms in total. The third-order valence-corrected chi connectivity index (χ3v) is 3.16. The van der Waals surface area contributed by atoms with Crippen molar-refractivity contribution in [2.24, 2.45) is 5.92 Å². The molecule has 0 bridgehead atoms. The van der Waals surface area contributed by atoms with Gasteiger partial charge >= 0.3 is 0 Å². The predicted octanol–water partition coefficient (Wildman–Crippen LogP) is 3.13. The Morgan fingerprint density at radius 3 is 2.53 bits per heavy atom. The van der Waals surface area contributed by atoms with Crippen LogP contribution in [-0.2, 0) is 0 Å². The molecule has 0 spiro atoms.